The minimum atomic E-state index is -0.243. The molecular weight excluding hydrogens is 424 g/mol. The Balaban J connectivity index is 0.00000204. The number of nitrogens with zero attached hydrogens (tertiary/aromatic N) is 2. The van der Waals surface area contributed by atoms with Crippen molar-refractivity contribution in [1.29, 1.82) is 0 Å². The van der Waals surface area contributed by atoms with Gasteiger partial charge in [-0.25, -0.2) is 0 Å². The SMILES string of the molecule is C.C.C[N+](C)(C)c1ccc(CC(=O)OCn2ccc3cc(OCc4ccccc4)ccc32)cc1. The Bertz CT molecular complexity index is 1190. The van der Waals surface area contributed by atoms with E-state index in [4.69, 9.17) is 9.47 Å². The monoisotopic (exact) mass is 461 g/mol. The van der Waals surface area contributed by atoms with Crippen molar-refractivity contribution in [2.75, 3.05) is 21.1 Å². The van der Waals surface area contributed by atoms with Crippen LogP contribution in [0.5, 0.6) is 5.75 Å². The van der Waals surface area contributed by atoms with Gasteiger partial charge in [-0.05, 0) is 47.5 Å². The van der Waals surface area contributed by atoms with Gasteiger partial charge in [0.15, 0.2) is 6.73 Å². The summed E-state index contributed by atoms with van der Waals surface area (Å²) in [5, 5.41) is 1.04. The van der Waals surface area contributed by atoms with Crippen LogP contribution in [0.15, 0.2) is 85.1 Å². The summed E-state index contributed by atoms with van der Waals surface area (Å²) in [4.78, 5) is 12.3. The second kappa shape index (κ2) is 11.5. The van der Waals surface area contributed by atoms with E-state index in [0.29, 0.717) is 6.61 Å². The van der Waals surface area contributed by atoms with Gasteiger partial charge in [0.25, 0.3) is 0 Å². The molecule has 0 N–H and O–H groups in total. The number of carbonyl (C=O) groups excluding carboxylic acids is 1. The number of hydrogen-bond donors (Lipinski definition) is 0. The molecule has 0 aliphatic carbocycles. The Morgan fingerprint density at radius 3 is 2.24 bits per heavy atom. The molecule has 0 unspecified atom stereocenters. The third kappa shape index (κ3) is 6.72. The summed E-state index contributed by atoms with van der Waals surface area (Å²) in [6.07, 6.45) is 2.18. The van der Waals surface area contributed by atoms with Gasteiger partial charge < -0.3 is 14.0 Å². The fourth-order valence-corrected chi connectivity index (χ4v) is 3.54. The summed E-state index contributed by atoms with van der Waals surface area (Å²) in [6, 6.07) is 26.1. The molecule has 0 aliphatic heterocycles. The Morgan fingerprint density at radius 2 is 1.56 bits per heavy atom. The van der Waals surface area contributed by atoms with E-state index in [1.807, 2.05) is 77.5 Å². The van der Waals surface area contributed by atoms with Gasteiger partial charge in [0.1, 0.15) is 18.0 Å². The quantitative estimate of drug-likeness (QED) is 0.224. The van der Waals surface area contributed by atoms with Crippen molar-refractivity contribution >= 4 is 22.6 Å². The van der Waals surface area contributed by atoms with E-state index in [2.05, 4.69) is 33.3 Å². The average molecular weight is 462 g/mol. The van der Waals surface area contributed by atoms with E-state index in [9.17, 15) is 4.79 Å². The lowest BCUT2D eigenvalue weighted by Gasteiger charge is -2.23. The number of aromatic nitrogens is 1. The Hall–Kier alpha value is -3.57. The van der Waals surface area contributed by atoms with E-state index in [1.54, 1.807) is 0 Å². The third-order valence-corrected chi connectivity index (χ3v) is 5.41. The maximum atomic E-state index is 12.3. The highest BCUT2D eigenvalue weighted by molar-refractivity contribution is 5.81. The molecule has 0 spiro atoms. The Morgan fingerprint density at radius 1 is 0.853 bits per heavy atom. The Labute approximate surface area is 203 Å². The van der Waals surface area contributed by atoms with Crippen molar-refractivity contribution in [1.82, 2.24) is 9.05 Å². The van der Waals surface area contributed by atoms with Crippen LogP contribution in [0.4, 0.5) is 5.69 Å². The highest BCUT2D eigenvalue weighted by Crippen LogP contribution is 2.23. The first-order chi connectivity index (χ1) is 15.4. The zero-order chi connectivity index (χ0) is 22.6. The third-order valence-electron chi connectivity index (χ3n) is 5.41. The lowest BCUT2D eigenvalue weighted by Crippen LogP contribution is -2.34. The molecule has 0 radical (unpaired) electrons. The smallest absolute Gasteiger partial charge is 0.311 e. The normalized spacial score (nSPS) is 10.8. The molecule has 1 heterocycles. The van der Waals surface area contributed by atoms with Gasteiger partial charge in [-0.3, -0.25) is 9.28 Å². The van der Waals surface area contributed by atoms with Crippen LogP contribution in [0.25, 0.3) is 10.9 Å². The number of ether oxygens (including phenoxy) is 2. The van der Waals surface area contributed by atoms with Crippen LogP contribution in [0.2, 0.25) is 0 Å². The predicted octanol–water partition coefficient (Wildman–Crippen LogP) is 6.43. The van der Waals surface area contributed by atoms with Crippen LogP contribution in [0, 0.1) is 0 Å². The summed E-state index contributed by atoms with van der Waals surface area (Å²) in [5.41, 5.74) is 4.26. The summed E-state index contributed by atoms with van der Waals surface area (Å²) in [6.45, 7) is 0.712. The van der Waals surface area contributed by atoms with Crippen molar-refractivity contribution in [3.8, 4) is 5.75 Å². The zero-order valence-electron chi connectivity index (χ0n) is 18.8. The van der Waals surface area contributed by atoms with E-state index >= 15 is 0 Å². The standard InChI is InChI=1S/C27H29N2O3.2CH4/c1-29(2,3)24-11-9-21(10-12-24)17-27(30)32-20-28-16-15-23-18-25(13-14-26(23)28)31-19-22-7-5-4-6-8-22;;/h4-16,18H,17,19-20H2,1-3H3;2*1H4/q+1;;. The highest BCUT2D eigenvalue weighted by atomic mass is 16.5. The van der Waals surface area contributed by atoms with Crippen molar-refractivity contribution in [2.24, 2.45) is 0 Å². The summed E-state index contributed by atoms with van der Waals surface area (Å²) in [5.74, 6) is 0.570. The van der Waals surface area contributed by atoms with Gasteiger partial charge in [0.2, 0.25) is 0 Å². The van der Waals surface area contributed by atoms with Crippen molar-refractivity contribution < 1.29 is 14.3 Å². The van der Waals surface area contributed by atoms with Gasteiger partial charge >= 0.3 is 5.97 Å². The molecule has 5 heteroatoms. The van der Waals surface area contributed by atoms with E-state index in [0.717, 1.165) is 32.3 Å². The zero-order valence-corrected chi connectivity index (χ0v) is 18.8. The minimum absolute atomic E-state index is 0. The maximum absolute atomic E-state index is 12.3. The van der Waals surface area contributed by atoms with Gasteiger partial charge in [-0.2, -0.15) is 0 Å². The number of fused-ring (bicyclic) bond motifs is 1. The fourth-order valence-electron chi connectivity index (χ4n) is 3.54. The number of carbonyl (C=O) groups is 1. The van der Waals surface area contributed by atoms with Gasteiger partial charge in [0, 0.05) is 11.6 Å². The first kappa shape index (κ1) is 26.7. The van der Waals surface area contributed by atoms with Crippen molar-refractivity contribution in [2.45, 2.75) is 34.6 Å². The lowest BCUT2D eigenvalue weighted by atomic mass is 10.1. The molecular formula is C29H37N2O3+. The number of hydrogen-bond acceptors (Lipinski definition) is 3. The number of quaternary nitrogens is 1. The van der Waals surface area contributed by atoms with Crippen LogP contribution >= 0.6 is 0 Å². The first-order valence-electron chi connectivity index (χ1n) is 10.7. The molecule has 180 valence electrons. The molecule has 0 saturated carbocycles. The van der Waals surface area contributed by atoms with Crippen molar-refractivity contribution in [3.63, 3.8) is 0 Å². The highest BCUT2D eigenvalue weighted by Gasteiger charge is 2.13. The average Bonchev–Trinajstić information content (AvgIpc) is 3.19. The molecule has 0 bridgehead atoms. The van der Waals surface area contributed by atoms with E-state index in [-0.39, 0.29) is 34.0 Å². The molecule has 1 aromatic heterocycles. The summed E-state index contributed by atoms with van der Waals surface area (Å²) < 4.78 is 14.1. The topological polar surface area (TPSA) is 40.5 Å². The molecule has 0 fully saturated rings. The van der Waals surface area contributed by atoms with Crippen LogP contribution < -0.4 is 9.22 Å². The van der Waals surface area contributed by atoms with Crippen molar-refractivity contribution in [3.05, 3.63) is 96.2 Å². The summed E-state index contributed by atoms with van der Waals surface area (Å²) in [7, 11) is 6.34. The van der Waals surface area contributed by atoms with Crippen LogP contribution in [-0.2, 0) is 29.3 Å². The number of esters is 1. The molecule has 5 nitrogen and oxygen atoms in total. The molecule has 4 aromatic rings. The van der Waals surface area contributed by atoms with Gasteiger partial charge in [-0.1, -0.05) is 57.3 Å². The summed E-state index contributed by atoms with van der Waals surface area (Å²) >= 11 is 0. The molecule has 0 amide bonds. The second-order valence-corrected chi connectivity index (χ2v) is 8.78. The fraction of sp³-hybridized carbons (Fsp3) is 0.276. The van der Waals surface area contributed by atoms with E-state index < -0.39 is 0 Å². The molecule has 0 saturated heterocycles. The molecule has 0 atom stereocenters. The van der Waals surface area contributed by atoms with Crippen LogP contribution in [0.1, 0.15) is 26.0 Å². The Kier molecular flexibility index (Phi) is 9.04. The molecule has 34 heavy (non-hydrogen) atoms. The van der Waals surface area contributed by atoms with Crippen LogP contribution in [0.3, 0.4) is 0 Å². The molecule has 3 aromatic carbocycles. The first-order valence-corrected chi connectivity index (χ1v) is 10.7. The maximum Gasteiger partial charge on any atom is 0.311 e. The minimum Gasteiger partial charge on any atom is -0.489 e. The van der Waals surface area contributed by atoms with Crippen LogP contribution in [-0.4, -0.2) is 31.7 Å². The number of benzene rings is 3. The largest absolute Gasteiger partial charge is 0.489 e. The van der Waals surface area contributed by atoms with Gasteiger partial charge in [0.05, 0.1) is 33.1 Å². The molecule has 0 aliphatic rings. The number of rotatable bonds is 8. The van der Waals surface area contributed by atoms with E-state index in [1.165, 1.54) is 5.69 Å². The van der Waals surface area contributed by atoms with Gasteiger partial charge in [-0.15, -0.1) is 0 Å². The molecule has 4 rings (SSSR count). The lowest BCUT2D eigenvalue weighted by molar-refractivity contribution is -0.146. The predicted molar refractivity (Wildman–Crippen MR) is 142 cm³/mol. The second-order valence-electron chi connectivity index (χ2n) is 8.78.